The molecule has 1 aliphatic heterocycles. The number of aryl methyl sites for hydroxylation is 1. The molecule has 1 saturated heterocycles. The van der Waals surface area contributed by atoms with Gasteiger partial charge >= 0.3 is 0 Å². The van der Waals surface area contributed by atoms with Crippen LogP contribution < -0.4 is 5.32 Å². The van der Waals surface area contributed by atoms with Gasteiger partial charge in [0.15, 0.2) is 0 Å². The molecule has 8 heteroatoms. The van der Waals surface area contributed by atoms with Crippen molar-refractivity contribution in [2.75, 3.05) is 13.1 Å². The number of amides is 1. The third kappa shape index (κ3) is 3.71. The van der Waals surface area contributed by atoms with Crippen molar-refractivity contribution in [3.05, 3.63) is 11.9 Å². The summed E-state index contributed by atoms with van der Waals surface area (Å²) in [5, 5.41) is 7.55. The lowest BCUT2D eigenvalue weighted by Crippen LogP contribution is -2.58. The SMILES string of the molecule is CC[C@H](NC(=O)[C@@H]1CCCN(S(=O)(=O)c2cnn(C)c2C)C1)C12CC3CC(CC(C3)C1)C2. The van der Waals surface area contributed by atoms with Crippen LogP contribution in [0.25, 0.3) is 0 Å². The van der Waals surface area contributed by atoms with E-state index in [0.29, 0.717) is 18.7 Å². The fourth-order valence-corrected chi connectivity index (χ4v) is 9.54. The van der Waals surface area contributed by atoms with Crippen molar-refractivity contribution in [3.63, 3.8) is 0 Å². The Balaban J connectivity index is 1.29. The van der Waals surface area contributed by atoms with Crippen molar-refractivity contribution in [1.82, 2.24) is 19.4 Å². The minimum absolute atomic E-state index is 0.0513. The number of hydrogen-bond donors (Lipinski definition) is 1. The highest BCUT2D eigenvalue weighted by Gasteiger charge is 2.54. The van der Waals surface area contributed by atoms with Crippen molar-refractivity contribution < 1.29 is 13.2 Å². The molecule has 1 amide bonds. The Morgan fingerprint density at radius 1 is 1.22 bits per heavy atom. The summed E-state index contributed by atoms with van der Waals surface area (Å²) in [6, 6.07) is 0.218. The zero-order chi connectivity index (χ0) is 22.7. The highest BCUT2D eigenvalue weighted by Crippen LogP contribution is 2.61. The Bertz CT molecular complexity index is 950. The zero-order valence-electron chi connectivity index (χ0n) is 19.7. The van der Waals surface area contributed by atoms with E-state index in [1.807, 2.05) is 0 Å². The van der Waals surface area contributed by atoms with Crippen molar-refractivity contribution >= 4 is 15.9 Å². The second-order valence-corrected chi connectivity index (χ2v) is 13.1. The summed E-state index contributed by atoms with van der Waals surface area (Å²) in [4.78, 5) is 13.6. The predicted molar refractivity (Wildman–Crippen MR) is 122 cm³/mol. The first-order chi connectivity index (χ1) is 15.2. The normalized spacial score (nSPS) is 35.7. The van der Waals surface area contributed by atoms with E-state index in [0.717, 1.165) is 30.6 Å². The lowest BCUT2D eigenvalue weighted by molar-refractivity contribution is -0.131. The number of piperidine rings is 1. The molecule has 4 bridgehead atoms. The van der Waals surface area contributed by atoms with Gasteiger partial charge in [-0.05, 0) is 87.9 Å². The number of carbonyl (C=O) groups is 1. The third-order valence-electron chi connectivity index (χ3n) is 9.11. The molecule has 0 aromatic carbocycles. The van der Waals surface area contributed by atoms with Crippen LogP contribution in [-0.2, 0) is 21.9 Å². The van der Waals surface area contributed by atoms with E-state index in [4.69, 9.17) is 0 Å². The predicted octanol–water partition coefficient (Wildman–Crippen LogP) is 3.24. The van der Waals surface area contributed by atoms with Gasteiger partial charge in [-0.15, -0.1) is 0 Å². The minimum atomic E-state index is -3.64. The molecule has 1 aromatic heterocycles. The third-order valence-corrected chi connectivity index (χ3v) is 11.1. The number of sulfonamides is 1. The van der Waals surface area contributed by atoms with Gasteiger partial charge in [-0.25, -0.2) is 8.42 Å². The summed E-state index contributed by atoms with van der Waals surface area (Å²) < 4.78 is 29.6. The number of hydrogen-bond acceptors (Lipinski definition) is 4. The average Bonchev–Trinajstić information content (AvgIpc) is 3.10. The highest BCUT2D eigenvalue weighted by molar-refractivity contribution is 7.89. The molecular formula is C24H38N4O3S. The van der Waals surface area contributed by atoms with Crippen LogP contribution >= 0.6 is 0 Å². The average molecular weight is 463 g/mol. The molecule has 5 fully saturated rings. The van der Waals surface area contributed by atoms with Crippen molar-refractivity contribution in [2.24, 2.45) is 36.1 Å². The Morgan fingerprint density at radius 3 is 2.38 bits per heavy atom. The van der Waals surface area contributed by atoms with Crippen LogP contribution in [0.3, 0.4) is 0 Å². The van der Waals surface area contributed by atoms with E-state index in [2.05, 4.69) is 17.3 Å². The van der Waals surface area contributed by atoms with Crippen LogP contribution in [0.1, 0.15) is 70.4 Å². The Labute approximate surface area is 192 Å². The highest BCUT2D eigenvalue weighted by atomic mass is 32.2. The van der Waals surface area contributed by atoms with Gasteiger partial charge in [0.2, 0.25) is 15.9 Å². The van der Waals surface area contributed by atoms with Crippen molar-refractivity contribution in [1.29, 1.82) is 0 Å². The fourth-order valence-electron chi connectivity index (χ4n) is 7.83. The number of aromatic nitrogens is 2. The van der Waals surface area contributed by atoms with Crippen molar-refractivity contribution in [2.45, 2.75) is 82.6 Å². The number of nitrogens with one attached hydrogen (secondary N) is 1. The van der Waals surface area contributed by atoms with E-state index in [1.165, 1.54) is 49.0 Å². The lowest BCUT2D eigenvalue weighted by atomic mass is 9.47. The molecule has 1 aromatic rings. The summed E-state index contributed by atoms with van der Waals surface area (Å²) in [5.74, 6) is 2.33. The molecule has 7 nitrogen and oxygen atoms in total. The van der Waals surface area contributed by atoms with Crippen molar-refractivity contribution in [3.8, 4) is 0 Å². The summed E-state index contributed by atoms with van der Waals surface area (Å²) in [6.45, 7) is 4.70. The van der Waals surface area contributed by atoms with Crippen LogP contribution in [0.2, 0.25) is 0 Å². The number of carbonyl (C=O) groups excluding carboxylic acids is 1. The van der Waals surface area contributed by atoms with Gasteiger partial charge in [-0.3, -0.25) is 9.48 Å². The van der Waals surface area contributed by atoms with Gasteiger partial charge in [0.1, 0.15) is 4.90 Å². The van der Waals surface area contributed by atoms with E-state index in [9.17, 15) is 13.2 Å². The van der Waals surface area contributed by atoms with Crippen LogP contribution in [-0.4, -0.2) is 47.5 Å². The molecule has 1 N–H and O–H groups in total. The van der Waals surface area contributed by atoms with Gasteiger partial charge in [-0.2, -0.15) is 9.40 Å². The first-order valence-corrected chi connectivity index (χ1v) is 13.9. The Hall–Kier alpha value is -1.41. The molecule has 0 unspecified atom stereocenters. The van der Waals surface area contributed by atoms with Crippen LogP contribution in [0, 0.1) is 36.0 Å². The maximum absolute atomic E-state index is 13.4. The molecule has 4 saturated carbocycles. The van der Waals surface area contributed by atoms with Gasteiger partial charge in [0, 0.05) is 26.2 Å². The molecule has 4 aliphatic carbocycles. The molecule has 32 heavy (non-hydrogen) atoms. The zero-order valence-corrected chi connectivity index (χ0v) is 20.5. The molecule has 0 radical (unpaired) electrons. The molecule has 2 heterocycles. The smallest absolute Gasteiger partial charge is 0.246 e. The monoisotopic (exact) mass is 462 g/mol. The topological polar surface area (TPSA) is 84.3 Å². The summed E-state index contributed by atoms with van der Waals surface area (Å²) in [6.07, 6.45) is 11.8. The van der Waals surface area contributed by atoms with Crippen LogP contribution in [0.4, 0.5) is 0 Å². The van der Waals surface area contributed by atoms with Gasteiger partial charge in [0.05, 0.1) is 17.8 Å². The molecular weight excluding hydrogens is 424 g/mol. The van der Waals surface area contributed by atoms with Crippen LogP contribution in [0.5, 0.6) is 0 Å². The first-order valence-electron chi connectivity index (χ1n) is 12.5. The van der Waals surface area contributed by atoms with E-state index >= 15 is 0 Å². The molecule has 5 aliphatic rings. The number of nitrogens with zero attached hydrogens (tertiary/aromatic N) is 3. The molecule has 2 atom stereocenters. The quantitative estimate of drug-likeness (QED) is 0.703. The Kier molecular flexibility index (Phi) is 5.68. The summed E-state index contributed by atoms with van der Waals surface area (Å²) in [5.41, 5.74) is 0.899. The lowest BCUT2D eigenvalue weighted by Gasteiger charge is -2.59. The fraction of sp³-hybridized carbons (Fsp3) is 0.833. The summed E-state index contributed by atoms with van der Waals surface area (Å²) in [7, 11) is -1.89. The standard InChI is InChI=1S/C24H38N4O3S/c1-4-22(24-11-17-8-18(12-24)10-19(9-17)13-24)26-23(29)20-6-5-7-28(15-20)32(30,31)21-14-25-27(3)16(21)2/h14,17-20,22H,4-13,15H2,1-3H3,(H,26,29)/t17?,18?,19?,20-,22+,24?/m1/s1. The second kappa shape index (κ2) is 8.12. The molecule has 0 spiro atoms. The molecule has 178 valence electrons. The van der Waals surface area contributed by atoms with Crippen LogP contribution in [0.15, 0.2) is 11.1 Å². The molecule has 6 rings (SSSR count). The van der Waals surface area contributed by atoms with E-state index in [-0.39, 0.29) is 34.7 Å². The maximum Gasteiger partial charge on any atom is 0.246 e. The first kappa shape index (κ1) is 22.4. The van der Waals surface area contributed by atoms with Gasteiger partial charge in [0.25, 0.3) is 0 Å². The van der Waals surface area contributed by atoms with Gasteiger partial charge < -0.3 is 5.32 Å². The largest absolute Gasteiger partial charge is 0.353 e. The van der Waals surface area contributed by atoms with E-state index in [1.54, 1.807) is 18.7 Å². The summed E-state index contributed by atoms with van der Waals surface area (Å²) >= 11 is 0. The Morgan fingerprint density at radius 2 is 1.84 bits per heavy atom. The van der Waals surface area contributed by atoms with E-state index < -0.39 is 10.0 Å². The van der Waals surface area contributed by atoms with Gasteiger partial charge in [-0.1, -0.05) is 6.92 Å². The minimum Gasteiger partial charge on any atom is -0.353 e. The second-order valence-electron chi connectivity index (χ2n) is 11.2. The maximum atomic E-state index is 13.4. The number of rotatable bonds is 6.